The lowest BCUT2D eigenvalue weighted by Crippen LogP contribution is -2.27. The summed E-state index contributed by atoms with van der Waals surface area (Å²) in [6.45, 7) is 16.1. The Labute approximate surface area is 205 Å². The smallest absolute Gasteiger partial charge is 0.409 e. The zero-order valence-corrected chi connectivity index (χ0v) is 21.8. The van der Waals surface area contributed by atoms with Crippen molar-refractivity contribution in [3.05, 3.63) is 88.7 Å². The van der Waals surface area contributed by atoms with Gasteiger partial charge in [-0.15, -0.1) is 0 Å². The van der Waals surface area contributed by atoms with Crippen molar-refractivity contribution in [1.29, 1.82) is 0 Å². The molecule has 34 heavy (non-hydrogen) atoms. The molecule has 4 heteroatoms. The van der Waals surface area contributed by atoms with Crippen molar-refractivity contribution in [3.63, 3.8) is 0 Å². The molecule has 0 saturated heterocycles. The number of rotatable bonds is 7. The van der Waals surface area contributed by atoms with Crippen LogP contribution in [0, 0.1) is 0 Å². The van der Waals surface area contributed by atoms with E-state index in [4.69, 9.17) is 4.74 Å². The predicted molar refractivity (Wildman–Crippen MR) is 141 cm³/mol. The number of hydrogen-bond donors (Lipinski definition) is 2. The molecule has 0 saturated carbocycles. The number of benzene rings is 2. The van der Waals surface area contributed by atoms with Gasteiger partial charge in [-0.05, 0) is 39.5 Å². The van der Waals surface area contributed by atoms with Crippen molar-refractivity contribution < 1.29 is 9.53 Å². The monoisotopic (exact) mass is 460 g/mol. The third kappa shape index (κ3) is 6.53. The van der Waals surface area contributed by atoms with E-state index in [2.05, 4.69) is 107 Å². The molecule has 1 aromatic heterocycles. The molecule has 1 heterocycles. The summed E-state index contributed by atoms with van der Waals surface area (Å²) in [4.78, 5) is 15.5. The summed E-state index contributed by atoms with van der Waals surface area (Å²) in [6, 6.07) is 19.6. The average molecular weight is 461 g/mol. The molecule has 0 fully saturated rings. The van der Waals surface area contributed by atoms with Crippen LogP contribution in [0.3, 0.4) is 0 Å². The van der Waals surface area contributed by atoms with E-state index in [0.717, 1.165) is 18.5 Å². The van der Waals surface area contributed by atoms with Crippen LogP contribution in [-0.2, 0) is 10.8 Å². The topological polar surface area (TPSA) is 54.1 Å². The molecule has 3 rings (SSSR count). The second-order valence-electron chi connectivity index (χ2n) is 11.1. The highest BCUT2D eigenvalue weighted by molar-refractivity contribution is 5.70. The molecular formula is C30H40N2O2. The molecule has 0 atom stereocenters. The van der Waals surface area contributed by atoms with E-state index in [-0.39, 0.29) is 16.7 Å². The van der Waals surface area contributed by atoms with Crippen LogP contribution in [0.4, 0.5) is 4.79 Å². The van der Waals surface area contributed by atoms with E-state index >= 15 is 0 Å². The summed E-state index contributed by atoms with van der Waals surface area (Å²) >= 11 is 0. The maximum absolute atomic E-state index is 12.1. The lowest BCUT2D eigenvalue weighted by atomic mass is 9.82. The van der Waals surface area contributed by atoms with Crippen LogP contribution in [0.15, 0.2) is 60.8 Å². The van der Waals surface area contributed by atoms with Crippen molar-refractivity contribution in [3.8, 4) is 5.75 Å². The maximum atomic E-state index is 12.1. The number of hydrogen-bond acceptors (Lipinski definition) is 2. The molecule has 3 aromatic rings. The Morgan fingerprint density at radius 3 is 1.82 bits per heavy atom. The molecule has 0 aliphatic rings. The summed E-state index contributed by atoms with van der Waals surface area (Å²) < 4.78 is 5.51. The first kappa shape index (κ1) is 25.6. The number of aromatic amines is 1. The normalized spacial score (nSPS) is 12.1. The van der Waals surface area contributed by atoms with Crippen molar-refractivity contribution in [2.45, 2.75) is 78.1 Å². The van der Waals surface area contributed by atoms with E-state index < -0.39 is 6.09 Å². The number of aromatic nitrogens is 1. The zero-order valence-electron chi connectivity index (χ0n) is 21.8. The fraction of sp³-hybridized carbons (Fsp3) is 0.433. The van der Waals surface area contributed by atoms with Crippen LogP contribution in [0.5, 0.6) is 5.75 Å². The molecule has 0 aliphatic carbocycles. The first-order valence-corrected chi connectivity index (χ1v) is 12.3. The van der Waals surface area contributed by atoms with Gasteiger partial charge in [0.25, 0.3) is 0 Å². The molecule has 0 spiro atoms. The highest BCUT2D eigenvalue weighted by Gasteiger charge is 2.22. The summed E-state index contributed by atoms with van der Waals surface area (Å²) in [5.41, 5.74) is 6.18. The van der Waals surface area contributed by atoms with Gasteiger partial charge in [0.1, 0.15) is 0 Å². The lowest BCUT2D eigenvalue weighted by molar-refractivity contribution is 0.200. The zero-order chi connectivity index (χ0) is 24.9. The third-order valence-electron chi connectivity index (χ3n) is 6.22. The molecule has 0 aliphatic heterocycles. The van der Waals surface area contributed by atoms with Gasteiger partial charge in [0.05, 0.1) is 0 Å². The van der Waals surface area contributed by atoms with E-state index in [0.29, 0.717) is 12.3 Å². The molecule has 2 aromatic carbocycles. The van der Waals surface area contributed by atoms with Gasteiger partial charge in [-0.25, -0.2) is 4.79 Å². The molecule has 0 unspecified atom stereocenters. The Morgan fingerprint density at radius 2 is 1.38 bits per heavy atom. The summed E-state index contributed by atoms with van der Waals surface area (Å²) in [5, 5.41) is 2.80. The van der Waals surface area contributed by atoms with E-state index in [1.54, 1.807) is 6.20 Å². The molecule has 0 bridgehead atoms. The number of ether oxygens (including phenoxy) is 1. The molecular weight excluding hydrogens is 420 g/mol. The first-order chi connectivity index (χ1) is 16.0. The summed E-state index contributed by atoms with van der Waals surface area (Å²) in [7, 11) is 0. The van der Waals surface area contributed by atoms with E-state index in [1.165, 1.54) is 22.3 Å². The first-order valence-electron chi connectivity index (χ1n) is 12.3. The third-order valence-corrected chi connectivity index (χ3v) is 6.22. The van der Waals surface area contributed by atoms with Crippen molar-refractivity contribution in [1.82, 2.24) is 10.3 Å². The van der Waals surface area contributed by atoms with Crippen LogP contribution in [0.25, 0.3) is 0 Å². The number of amides is 1. The van der Waals surface area contributed by atoms with Gasteiger partial charge >= 0.3 is 6.09 Å². The largest absolute Gasteiger partial charge is 0.412 e. The average Bonchev–Trinajstić information content (AvgIpc) is 3.21. The van der Waals surface area contributed by atoms with Crippen molar-refractivity contribution in [2.24, 2.45) is 0 Å². The predicted octanol–water partition coefficient (Wildman–Crippen LogP) is 7.68. The number of nitrogens with one attached hydrogen (secondary N) is 2. The number of carbonyl (C=O) groups is 1. The van der Waals surface area contributed by atoms with Gasteiger partial charge in [0.2, 0.25) is 0 Å². The molecule has 2 N–H and O–H groups in total. The molecule has 0 radical (unpaired) electrons. The fourth-order valence-electron chi connectivity index (χ4n) is 4.03. The maximum Gasteiger partial charge on any atom is 0.412 e. The number of H-pyrrole nitrogens is 1. The minimum Gasteiger partial charge on any atom is -0.409 e. The Kier molecular flexibility index (Phi) is 7.91. The Hall–Kier alpha value is -3.01. The summed E-state index contributed by atoms with van der Waals surface area (Å²) in [5.74, 6) is 0.523. The van der Waals surface area contributed by atoms with E-state index in [9.17, 15) is 4.79 Å². The Bertz CT molecular complexity index is 1010. The highest BCUT2D eigenvalue weighted by Crippen LogP contribution is 2.35. The van der Waals surface area contributed by atoms with Gasteiger partial charge < -0.3 is 15.0 Å². The standard InChI is InChI=1S/C30H40N2O2/c1-8-9-18-31-28(33)34-25-19-26(32-20-25)27(21-10-14-23(15-11-21)29(2,3)4)22-12-16-24(17-13-22)30(5,6)7/h10-17,19-20,27,32H,8-9,18H2,1-7H3,(H,31,33). The molecule has 4 nitrogen and oxygen atoms in total. The summed E-state index contributed by atoms with van der Waals surface area (Å²) in [6.07, 6.45) is 3.30. The highest BCUT2D eigenvalue weighted by atomic mass is 16.6. The number of unbranched alkanes of at least 4 members (excludes halogenated alkanes) is 1. The molecule has 1 amide bonds. The van der Waals surface area contributed by atoms with Crippen LogP contribution < -0.4 is 10.1 Å². The van der Waals surface area contributed by atoms with Crippen LogP contribution in [-0.4, -0.2) is 17.6 Å². The van der Waals surface area contributed by atoms with E-state index in [1.807, 2.05) is 6.07 Å². The fourth-order valence-corrected chi connectivity index (χ4v) is 4.03. The lowest BCUT2D eigenvalue weighted by Gasteiger charge is -2.23. The van der Waals surface area contributed by atoms with Crippen LogP contribution in [0.1, 0.15) is 95.2 Å². The van der Waals surface area contributed by atoms with Gasteiger partial charge in [0, 0.05) is 30.4 Å². The second-order valence-corrected chi connectivity index (χ2v) is 11.1. The van der Waals surface area contributed by atoms with Crippen LogP contribution >= 0.6 is 0 Å². The second kappa shape index (κ2) is 10.5. The number of carbonyl (C=O) groups excluding carboxylic acids is 1. The van der Waals surface area contributed by atoms with Gasteiger partial charge in [-0.2, -0.15) is 0 Å². The Balaban J connectivity index is 1.93. The minimum absolute atomic E-state index is 0.00328. The van der Waals surface area contributed by atoms with Gasteiger partial charge in [-0.1, -0.05) is 103 Å². The Morgan fingerprint density at radius 1 is 0.882 bits per heavy atom. The van der Waals surface area contributed by atoms with Crippen molar-refractivity contribution in [2.75, 3.05) is 6.54 Å². The molecule has 182 valence electrons. The van der Waals surface area contributed by atoms with Crippen LogP contribution in [0.2, 0.25) is 0 Å². The van der Waals surface area contributed by atoms with Gasteiger partial charge in [0.15, 0.2) is 5.75 Å². The SMILES string of the molecule is CCCCNC(=O)Oc1c[nH]c(C(c2ccc(C(C)(C)C)cc2)c2ccc(C(C)(C)C)cc2)c1. The quantitative estimate of drug-likeness (QED) is 0.355. The minimum atomic E-state index is -0.417. The van der Waals surface area contributed by atoms with Gasteiger partial charge in [-0.3, -0.25) is 0 Å². The van der Waals surface area contributed by atoms with Crippen molar-refractivity contribution >= 4 is 6.09 Å².